The van der Waals surface area contributed by atoms with Crippen LogP contribution in [0.15, 0.2) is 47.0 Å². The van der Waals surface area contributed by atoms with Gasteiger partial charge in [0.1, 0.15) is 11.4 Å². The van der Waals surface area contributed by atoms with Gasteiger partial charge in [0.05, 0.1) is 11.4 Å². The first-order chi connectivity index (χ1) is 14.8. The Kier molecular flexibility index (Phi) is 5.91. The zero-order chi connectivity index (χ0) is 24.1. The van der Waals surface area contributed by atoms with Gasteiger partial charge in [-0.3, -0.25) is 9.36 Å². The van der Waals surface area contributed by atoms with Crippen LogP contribution in [0.4, 0.5) is 22.0 Å². The van der Waals surface area contributed by atoms with E-state index in [0.717, 1.165) is 12.1 Å². The van der Waals surface area contributed by atoms with E-state index in [-0.39, 0.29) is 22.6 Å². The van der Waals surface area contributed by atoms with Crippen molar-refractivity contribution in [1.82, 2.24) is 9.47 Å². The second-order valence-corrected chi connectivity index (χ2v) is 8.07. The van der Waals surface area contributed by atoms with E-state index in [1.54, 1.807) is 19.9 Å². The van der Waals surface area contributed by atoms with Gasteiger partial charge < -0.3 is 9.64 Å². The predicted molar refractivity (Wildman–Crippen MR) is 112 cm³/mol. The molecule has 2 heterocycles. The van der Waals surface area contributed by atoms with Crippen LogP contribution in [0, 0.1) is 6.92 Å². The molecule has 0 unspecified atom stereocenters. The van der Waals surface area contributed by atoms with Gasteiger partial charge in [0, 0.05) is 36.5 Å². The number of likely N-dealkylation sites (N-methyl/N-ethyl adjacent to an activating group) is 1. The number of pyridine rings is 1. The highest BCUT2D eigenvalue weighted by molar-refractivity contribution is 5.79. The number of aromatic nitrogens is 1. The van der Waals surface area contributed by atoms with Gasteiger partial charge in [-0.15, -0.1) is 0 Å². The Balaban J connectivity index is 2.50. The van der Waals surface area contributed by atoms with Crippen molar-refractivity contribution in [3.8, 4) is 5.75 Å². The Morgan fingerprint density at radius 1 is 1.03 bits per heavy atom. The average molecular weight is 456 g/mol. The summed E-state index contributed by atoms with van der Waals surface area (Å²) in [6.45, 7) is 9.52. The van der Waals surface area contributed by atoms with E-state index in [4.69, 9.17) is 4.74 Å². The Bertz CT molecular complexity index is 1110. The summed E-state index contributed by atoms with van der Waals surface area (Å²) >= 11 is 0. The van der Waals surface area contributed by atoms with Crippen LogP contribution in [0.2, 0.25) is 0 Å². The van der Waals surface area contributed by atoms with Crippen molar-refractivity contribution in [1.29, 1.82) is 0 Å². The fraction of sp³-hybridized carbons (Fsp3) is 0.435. The summed E-state index contributed by atoms with van der Waals surface area (Å²) in [7, 11) is 0. The number of rotatable bonds is 5. The van der Waals surface area contributed by atoms with Crippen LogP contribution < -0.4 is 10.3 Å². The molecule has 0 bridgehead atoms. The highest BCUT2D eigenvalue weighted by Crippen LogP contribution is 2.50. The van der Waals surface area contributed by atoms with Crippen LogP contribution >= 0.6 is 0 Å². The normalized spacial score (nSPS) is 15.9. The lowest BCUT2D eigenvalue weighted by Crippen LogP contribution is -2.45. The molecule has 0 amide bonds. The van der Waals surface area contributed by atoms with Crippen molar-refractivity contribution in [2.75, 3.05) is 13.1 Å². The summed E-state index contributed by atoms with van der Waals surface area (Å²) in [5.74, 6) is -4.93. The molecule has 174 valence electrons. The molecular formula is C23H25F5N2O2. The number of halogens is 5. The number of ether oxygens (including phenoxy) is 1. The second kappa shape index (κ2) is 7.94. The summed E-state index contributed by atoms with van der Waals surface area (Å²) < 4.78 is 75.7. The zero-order valence-corrected chi connectivity index (χ0v) is 18.5. The third kappa shape index (κ3) is 3.67. The van der Waals surface area contributed by atoms with E-state index < -0.39 is 28.8 Å². The van der Waals surface area contributed by atoms with E-state index in [0.29, 0.717) is 18.8 Å². The Labute approximate surface area is 182 Å². The quantitative estimate of drug-likeness (QED) is 0.554. The summed E-state index contributed by atoms with van der Waals surface area (Å²) in [6.07, 6.45) is -4.30. The van der Waals surface area contributed by atoms with Crippen LogP contribution in [0.1, 0.15) is 44.4 Å². The first-order valence-corrected chi connectivity index (χ1v) is 10.2. The highest BCUT2D eigenvalue weighted by Gasteiger charge is 2.59. The van der Waals surface area contributed by atoms with Crippen LogP contribution in [0.25, 0.3) is 5.70 Å². The molecule has 0 N–H and O–H groups in total. The first kappa shape index (κ1) is 23.8. The lowest BCUT2D eigenvalue weighted by Gasteiger charge is -2.43. The molecule has 9 heteroatoms. The number of hydrogen-bond donors (Lipinski definition) is 0. The Hall–Kier alpha value is -2.84. The maximum Gasteiger partial charge on any atom is 0.458 e. The van der Waals surface area contributed by atoms with Gasteiger partial charge in [0.2, 0.25) is 0 Å². The fourth-order valence-electron chi connectivity index (χ4n) is 4.20. The van der Waals surface area contributed by atoms with Crippen molar-refractivity contribution in [3.63, 3.8) is 0 Å². The molecule has 0 spiro atoms. The number of hydrogen-bond acceptors (Lipinski definition) is 3. The summed E-state index contributed by atoms with van der Waals surface area (Å²) in [5.41, 5.74) is -2.08. The van der Waals surface area contributed by atoms with Gasteiger partial charge in [-0.25, -0.2) is 0 Å². The van der Waals surface area contributed by atoms with E-state index in [1.165, 1.54) is 29.8 Å². The molecular weight excluding hydrogens is 431 g/mol. The maximum atomic E-state index is 14.4. The third-order valence-electron chi connectivity index (χ3n) is 5.66. The van der Waals surface area contributed by atoms with Crippen LogP contribution in [-0.2, 0) is 5.92 Å². The molecule has 1 aliphatic heterocycles. The van der Waals surface area contributed by atoms with Crippen LogP contribution in [-0.4, -0.2) is 34.3 Å². The van der Waals surface area contributed by atoms with E-state index in [2.05, 4.69) is 0 Å². The van der Waals surface area contributed by atoms with E-state index >= 15 is 0 Å². The fourth-order valence-corrected chi connectivity index (χ4v) is 4.20. The molecule has 32 heavy (non-hydrogen) atoms. The van der Waals surface area contributed by atoms with Crippen LogP contribution in [0.3, 0.4) is 0 Å². The molecule has 0 atom stereocenters. The molecule has 0 radical (unpaired) electrons. The van der Waals surface area contributed by atoms with Gasteiger partial charge in [0.15, 0.2) is 0 Å². The zero-order valence-electron chi connectivity index (χ0n) is 18.5. The van der Waals surface area contributed by atoms with Crippen molar-refractivity contribution in [2.24, 2.45) is 0 Å². The second-order valence-electron chi connectivity index (χ2n) is 8.07. The standard InChI is InChI=1S/C23H25F5N2O2/c1-6-29(7-2)20-19(30-13-9-8-10-17(30)31)18-14(3)15(22(24,25)23(26,27)28)11-12-16(18)32-21(20,4)5/h8-13H,6-7H2,1-5H3. The van der Waals surface area contributed by atoms with Crippen LogP contribution in [0.5, 0.6) is 5.75 Å². The molecule has 0 saturated heterocycles. The van der Waals surface area contributed by atoms with Crippen molar-refractivity contribution >= 4 is 5.70 Å². The summed E-state index contributed by atoms with van der Waals surface area (Å²) in [4.78, 5) is 14.7. The molecule has 1 aliphatic rings. The molecule has 0 saturated carbocycles. The van der Waals surface area contributed by atoms with Crippen molar-refractivity contribution < 1.29 is 26.7 Å². The predicted octanol–water partition coefficient (Wildman–Crippen LogP) is 5.54. The summed E-state index contributed by atoms with van der Waals surface area (Å²) in [6, 6.07) is 6.29. The van der Waals surface area contributed by atoms with Gasteiger partial charge in [-0.1, -0.05) is 6.07 Å². The smallest absolute Gasteiger partial charge is 0.458 e. The van der Waals surface area contributed by atoms with Gasteiger partial charge in [-0.2, -0.15) is 22.0 Å². The lowest BCUT2D eigenvalue weighted by molar-refractivity contribution is -0.289. The minimum atomic E-state index is -5.77. The number of alkyl halides is 5. The van der Waals surface area contributed by atoms with E-state index in [9.17, 15) is 26.7 Å². The Morgan fingerprint density at radius 3 is 2.19 bits per heavy atom. The molecule has 4 nitrogen and oxygen atoms in total. The number of benzene rings is 1. The van der Waals surface area contributed by atoms with Crippen molar-refractivity contribution in [2.45, 2.75) is 52.3 Å². The maximum absolute atomic E-state index is 14.4. The molecule has 3 rings (SSSR count). The monoisotopic (exact) mass is 456 g/mol. The number of fused-ring (bicyclic) bond motifs is 1. The minimum absolute atomic E-state index is 0.0425. The minimum Gasteiger partial charge on any atom is -0.481 e. The molecule has 1 aromatic heterocycles. The Morgan fingerprint density at radius 2 is 1.66 bits per heavy atom. The topological polar surface area (TPSA) is 34.5 Å². The molecule has 0 fully saturated rings. The largest absolute Gasteiger partial charge is 0.481 e. The average Bonchev–Trinajstić information content (AvgIpc) is 2.68. The lowest BCUT2D eigenvalue weighted by atomic mass is 9.88. The summed E-state index contributed by atoms with van der Waals surface area (Å²) in [5, 5.41) is 0. The molecule has 1 aromatic carbocycles. The molecule has 0 aliphatic carbocycles. The van der Waals surface area contributed by atoms with Gasteiger partial charge >= 0.3 is 12.1 Å². The van der Waals surface area contributed by atoms with E-state index in [1.807, 2.05) is 18.7 Å². The van der Waals surface area contributed by atoms with Gasteiger partial charge in [-0.05, 0) is 58.4 Å². The SMILES string of the molecule is CCN(CC)C1=C(n2ccccc2=O)c2c(ccc(C(F)(F)C(F)(F)F)c2C)OC1(C)C. The first-order valence-electron chi connectivity index (χ1n) is 10.2. The highest BCUT2D eigenvalue weighted by atomic mass is 19.4. The van der Waals surface area contributed by atoms with Gasteiger partial charge in [0.25, 0.3) is 5.56 Å². The third-order valence-corrected chi connectivity index (χ3v) is 5.66. The number of nitrogens with zero attached hydrogens (tertiary/aromatic N) is 2. The van der Waals surface area contributed by atoms with Crippen molar-refractivity contribution in [3.05, 3.63) is 69.3 Å². The molecule has 2 aromatic rings.